The van der Waals surface area contributed by atoms with Crippen LogP contribution in [0.3, 0.4) is 0 Å². The molecule has 0 unspecified atom stereocenters. The minimum absolute atomic E-state index is 0.0486. The Balaban J connectivity index is 1.91. The molecule has 0 saturated heterocycles. The van der Waals surface area contributed by atoms with Gasteiger partial charge < -0.3 is 10.7 Å². The van der Waals surface area contributed by atoms with Crippen LogP contribution in [0.4, 0.5) is 23.2 Å². The number of rotatable bonds is 5. The molecule has 146 valence electrons. The number of benzene rings is 2. The molecule has 0 fully saturated rings. The van der Waals surface area contributed by atoms with E-state index < -0.39 is 30.5 Å². The van der Waals surface area contributed by atoms with Crippen molar-refractivity contribution in [2.45, 2.75) is 19.9 Å². The quantitative estimate of drug-likeness (QED) is 0.365. The molecule has 0 spiro atoms. The van der Waals surface area contributed by atoms with Gasteiger partial charge in [0, 0.05) is 23.7 Å². The highest BCUT2D eigenvalue weighted by Crippen LogP contribution is 2.25. The van der Waals surface area contributed by atoms with E-state index in [0.29, 0.717) is 22.8 Å². The molecule has 28 heavy (non-hydrogen) atoms. The number of fused-ring (bicyclic) bond motifs is 1. The summed E-state index contributed by atoms with van der Waals surface area (Å²) >= 11 is 0. The van der Waals surface area contributed by atoms with E-state index >= 15 is 0 Å². The number of alkyl halides is 2. The van der Waals surface area contributed by atoms with E-state index in [1.54, 1.807) is 19.1 Å². The summed E-state index contributed by atoms with van der Waals surface area (Å²) in [5.74, 6) is 3.44. The number of amides is 1. The minimum Gasteiger partial charge on any atom is -0.329 e. The van der Waals surface area contributed by atoms with Crippen molar-refractivity contribution in [1.82, 2.24) is 4.90 Å². The van der Waals surface area contributed by atoms with Crippen molar-refractivity contribution >= 4 is 23.0 Å². The molecule has 0 aromatic heterocycles. The average molecular weight is 392 g/mol. The van der Waals surface area contributed by atoms with Gasteiger partial charge in [0.2, 0.25) is 0 Å². The van der Waals surface area contributed by atoms with E-state index in [2.05, 4.69) is 10.1 Å². The SMILES string of the molecule is CC(=Nc1ccc(F)cc1F)C(=NN)c1ccc2c(c1)CN(CC(F)F)C2=O. The molecule has 1 heterocycles. The van der Waals surface area contributed by atoms with Gasteiger partial charge in [0.15, 0.2) is 5.82 Å². The van der Waals surface area contributed by atoms with E-state index in [-0.39, 0.29) is 23.7 Å². The maximum absolute atomic E-state index is 13.8. The van der Waals surface area contributed by atoms with Gasteiger partial charge in [0.05, 0.1) is 17.9 Å². The second-order valence-corrected chi connectivity index (χ2v) is 6.22. The van der Waals surface area contributed by atoms with Crippen LogP contribution in [0.5, 0.6) is 0 Å². The van der Waals surface area contributed by atoms with Gasteiger partial charge >= 0.3 is 0 Å². The van der Waals surface area contributed by atoms with E-state index in [4.69, 9.17) is 5.84 Å². The number of hydrogen-bond acceptors (Lipinski definition) is 4. The number of nitrogens with two attached hydrogens (primary N) is 1. The Morgan fingerprint density at radius 3 is 2.61 bits per heavy atom. The summed E-state index contributed by atoms with van der Waals surface area (Å²) in [5.41, 5.74) is 1.80. The Labute approximate surface area is 158 Å². The highest BCUT2D eigenvalue weighted by molar-refractivity contribution is 6.48. The third-order valence-corrected chi connectivity index (χ3v) is 4.29. The molecule has 1 amide bonds. The van der Waals surface area contributed by atoms with Crippen molar-refractivity contribution in [3.8, 4) is 0 Å². The topological polar surface area (TPSA) is 71.0 Å². The summed E-state index contributed by atoms with van der Waals surface area (Å²) in [5, 5.41) is 3.68. The number of carbonyl (C=O) groups is 1. The lowest BCUT2D eigenvalue weighted by Gasteiger charge is -2.14. The predicted octanol–water partition coefficient (Wildman–Crippen LogP) is 3.64. The van der Waals surface area contributed by atoms with Crippen LogP contribution in [0, 0.1) is 11.6 Å². The lowest BCUT2D eigenvalue weighted by molar-refractivity contribution is 0.0577. The first-order chi connectivity index (χ1) is 13.3. The van der Waals surface area contributed by atoms with Crippen LogP contribution in [0.15, 0.2) is 46.5 Å². The van der Waals surface area contributed by atoms with Crippen LogP contribution >= 0.6 is 0 Å². The molecule has 0 atom stereocenters. The third-order valence-electron chi connectivity index (χ3n) is 4.29. The Hall–Kier alpha value is -3.23. The molecule has 2 aromatic rings. The average Bonchev–Trinajstić information content (AvgIpc) is 2.93. The molecule has 0 bridgehead atoms. The molecule has 9 heteroatoms. The van der Waals surface area contributed by atoms with Crippen LogP contribution in [0.2, 0.25) is 0 Å². The van der Waals surface area contributed by atoms with Gasteiger partial charge in [-0.1, -0.05) is 6.07 Å². The Morgan fingerprint density at radius 2 is 1.96 bits per heavy atom. The lowest BCUT2D eigenvalue weighted by Crippen LogP contribution is -2.29. The molecular weight excluding hydrogens is 376 g/mol. The maximum atomic E-state index is 13.8. The molecule has 3 rings (SSSR count). The summed E-state index contributed by atoms with van der Waals surface area (Å²) in [7, 11) is 0. The molecule has 0 aliphatic carbocycles. The van der Waals surface area contributed by atoms with Crippen LogP contribution in [0.25, 0.3) is 0 Å². The first-order valence-electron chi connectivity index (χ1n) is 8.29. The Morgan fingerprint density at radius 1 is 1.21 bits per heavy atom. The predicted molar refractivity (Wildman–Crippen MR) is 97.0 cm³/mol. The van der Waals surface area contributed by atoms with Crippen molar-refractivity contribution < 1.29 is 22.4 Å². The van der Waals surface area contributed by atoms with E-state index in [1.165, 1.54) is 12.1 Å². The normalized spacial score (nSPS) is 14.8. The van der Waals surface area contributed by atoms with Crippen molar-refractivity contribution in [2.75, 3.05) is 6.54 Å². The highest BCUT2D eigenvalue weighted by Gasteiger charge is 2.29. The van der Waals surface area contributed by atoms with Gasteiger partial charge in [-0.05, 0) is 36.8 Å². The molecule has 5 nitrogen and oxygen atoms in total. The maximum Gasteiger partial charge on any atom is 0.255 e. The summed E-state index contributed by atoms with van der Waals surface area (Å²) < 4.78 is 52.1. The van der Waals surface area contributed by atoms with Crippen molar-refractivity contribution in [3.63, 3.8) is 0 Å². The van der Waals surface area contributed by atoms with Gasteiger partial charge in [-0.3, -0.25) is 4.79 Å². The van der Waals surface area contributed by atoms with Crippen LogP contribution in [-0.2, 0) is 6.54 Å². The zero-order chi connectivity index (χ0) is 20.4. The van der Waals surface area contributed by atoms with Crippen LogP contribution < -0.4 is 5.84 Å². The standard InChI is InChI=1S/C19H16F4N4O/c1-10(25-16-5-3-13(20)7-15(16)21)18(26-24)11-2-4-14-12(6-11)8-27(19(14)28)9-17(22)23/h2-7,17H,8-9,24H2,1H3. The number of hydrazone groups is 1. The fraction of sp³-hybridized carbons (Fsp3) is 0.211. The fourth-order valence-corrected chi connectivity index (χ4v) is 3.02. The summed E-state index contributed by atoms with van der Waals surface area (Å²) in [6, 6.07) is 7.66. The smallest absolute Gasteiger partial charge is 0.255 e. The van der Waals surface area contributed by atoms with Crippen LogP contribution in [-0.4, -0.2) is 35.2 Å². The van der Waals surface area contributed by atoms with Gasteiger partial charge in [0.25, 0.3) is 12.3 Å². The zero-order valence-electron chi connectivity index (χ0n) is 14.8. The lowest BCUT2D eigenvalue weighted by atomic mass is 10.0. The fourth-order valence-electron chi connectivity index (χ4n) is 3.02. The monoisotopic (exact) mass is 392 g/mol. The van der Waals surface area contributed by atoms with Gasteiger partial charge in [0.1, 0.15) is 11.5 Å². The first-order valence-corrected chi connectivity index (χ1v) is 8.29. The van der Waals surface area contributed by atoms with Gasteiger partial charge in [-0.25, -0.2) is 22.6 Å². The minimum atomic E-state index is -2.63. The van der Waals surface area contributed by atoms with E-state index in [9.17, 15) is 22.4 Å². The van der Waals surface area contributed by atoms with Crippen molar-refractivity contribution in [1.29, 1.82) is 0 Å². The van der Waals surface area contributed by atoms with Crippen LogP contribution in [0.1, 0.15) is 28.4 Å². The molecule has 0 saturated carbocycles. The van der Waals surface area contributed by atoms with Gasteiger partial charge in [-0.15, -0.1) is 0 Å². The molecular formula is C19H16F4N4O. The molecule has 0 radical (unpaired) electrons. The zero-order valence-corrected chi connectivity index (χ0v) is 14.8. The second-order valence-electron chi connectivity index (χ2n) is 6.22. The largest absolute Gasteiger partial charge is 0.329 e. The van der Waals surface area contributed by atoms with E-state index in [1.807, 2.05) is 0 Å². The third kappa shape index (κ3) is 3.88. The molecule has 1 aliphatic rings. The molecule has 2 aromatic carbocycles. The Bertz CT molecular complexity index is 988. The van der Waals surface area contributed by atoms with E-state index in [0.717, 1.165) is 11.0 Å². The molecule has 2 N–H and O–H groups in total. The van der Waals surface area contributed by atoms with Crippen molar-refractivity contribution in [2.24, 2.45) is 15.9 Å². The summed E-state index contributed by atoms with van der Waals surface area (Å²) in [6.07, 6.45) is -2.63. The van der Waals surface area contributed by atoms with Crippen molar-refractivity contribution in [3.05, 3.63) is 64.7 Å². The number of nitrogens with zero attached hydrogens (tertiary/aromatic N) is 3. The number of aliphatic imine (C=N–C) groups is 1. The summed E-state index contributed by atoms with van der Waals surface area (Å²) in [6.45, 7) is 0.952. The highest BCUT2D eigenvalue weighted by atomic mass is 19.3. The van der Waals surface area contributed by atoms with Gasteiger partial charge in [-0.2, -0.15) is 5.10 Å². The molecule has 1 aliphatic heterocycles. The number of carbonyl (C=O) groups excluding carboxylic acids is 1. The second kappa shape index (κ2) is 7.79. The Kier molecular flexibility index (Phi) is 5.43. The number of halogens is 4. The number of hydrogen-bond donors (Lipinski definition) is 1. The summed E-state index contributed by atoms with van der Waals surface area (Å²) in [4.78, 5) is 17.3. The first kappa shape index (κ1) is 19.5.